The van der Waals surface area contributed by atoms with E-state index in [4.69, 9.17) is 0 Å². The van der Waals surface area contributed by atoms with Gasteiger partial charge >= 0.3 is 0 Å². The van der Waals surface area contributed by atoms with E-state index in [1.165, 1.54) is 12.8 Å². The second-order valence-electron chi connectivity index (χ2n) is 4.33. The molecule has 0 aliphatic heterocycles. The zero-order valence-corrected chi connectivity index (χ0v) is 8.56. The highest BCUT2D eigenvalue weighted by atomic mass is 16.3. The van der Waals surface area contributed by atoms with Crippen molar-refractivity contribution in [2.24, 2.45) is 11.8 Å². The van der Waals surface area contributed by atoms with E-state index < -0.39 is 0 Å². The van der Waals surface area contributed by atoms with Gasteiger partial charge in [0.1, 0.15) is 0 Å². The maximum Gasteiger partial charge on any atom is 0.0609 e. The van der Waals surface area contributed by atoms with Crippen molar-refractivity contribution < 1.29 is 5.11 Å². The van der Waals surface area contributed by atoms with Crippen LogP contribution in [0.2, 0.25) is 0 Å². The summed E-state index contributed by atoms with van der Waals surface area (Å²) in [5, 5.41) is 9.95. The Labute approximate surface area is 85.0 Å². The third-order valence-corrected chi connectivity index (χ3v) is 3.14. The molecule has 1 aromatic heterocycles. The summed E-state index contributed by atoms with van der Waals surface area (Å²) < 4.78 is 0. The maximum atomic E-state index is 9.95. The highest BCUT2D eigenvalue weighted by molar-refractivity contribution is 5.10. The van der Waals surface area contributed by atoms with E-state index in [-0.39, 0.29) is 6.10 Å². The highest BCUT2D eigenvalue weighted by Crippen LogP contribution is 2.38. The first-order chi connectivity index (χ1) is 6.77. The fraction of sp³-hybridized carbons (Fsp3) is 0.583. The second-order valence-corrected chi connectivity index (χ2v) is 4.33. The van der Waals surface area contributed by atoms with Crippen LogP contribution < -0.4 is 0 Å². The Bertz CT molecular complexity index is 282. The molecule has 0 bridgehead atoms. The van der Waals surface area contributed by atoms with Crippen molar-refractivity contribution in [1.29, 1.82) is 0 Å². The Hall–Kier alpha value is -0.890. The number of hydrogen-bond acceptors (Lipinski definition) is 2. The monoisotopic (exact) mass is 191 g/mol. The van der Waals surface area contributed by atoms with Gasteiger partial charge in [0.05, 0.1) is 6.10 Å². The number of aliphatic hydroxyl groups is 1. The summed E-state index contributed by atoms with van der Waals surface area (Å²) >= 11 is 0. The minimum absolute atomic E-state index is 0.202. The minimum Gasteiger partial charge on any atom is -0.392 e. The Balaban J connectivity index is 1.90. The van der Waals surface area contributed by atoms with Crippen molar-refractivity contribution in [3.8, 4) is 0 Å². The highest BCUT2D eigenvalue weighted by Gasteiger charge is 2.32. The van der Waals surface area contributed by atoms with Crippen LogP contribution in [0.1, 0.15) is 25.3 Å². The molecule has 2 atom stereocenters. The van der Waals surface area contributed by atoms with Gasteiger partial charge in [-0.1, -0.05) is 13.0 Å². The maximum absolute atomic E-state index is 9.95. The van der Waals surface area contributed by atoms with E-state index in [1.807, 2.05) is 18.3 Å². The number of pyridine rings is 1. The predicted molar refractivity (Wildman–Crippen MR) is 55.8 cm³/mol. The van der Waals surface area contributed by atoms with Crippen LogP contribution in [0.3, 0.4) is 0 Å². The van der Waals surface area contributed by atoms with Crippen molar-refractivity contribution in [3.63, 3.8) is 0 Å². The molecule has 2 nitrogen and oxygen atoms in total. The van der Waals surface area contributed by atoms with Crippen LogP contribution in [-0.2, 0) is 6.42 Å². The third kappa shape index (κ3) is 2.32. The first-order valence-corrected chi connectivity index (χ1v) is 5.34. The summed E-state index contributed by atoms with van der Waals surface area (Å²) in [4.78, 5) is 4.05. The fourth-order valence-electron chi connectivity index (χ4n) is 1.88. The van der Waals surface area contributed by atoms with Crippen LogP contribution in [0.4, 0.5) is 0 Å². The lowest BCUT2D eigenvalue weighted by Crippen LogP contribution is -2.21. The van der Waals surface area contributed by atoms with Gasteiger partial charge in [0, 0.05) is 18.8 Å². The summed E-state index contributed by atoms with van der Waals surface area (Å²) in [7, 11) is 0. The molecular formula is C12H17NO. The van der Waals surface area contributed by atoms with Gasteiger partial charge in [0.2, 0.25) is 0 Å². The molecule has 1 fully saturated rings. The van der Waals surface area contributed by atoms with Crippen molar-refractivity contribution in [2.45, 2.75) is 32.3 Å². The zero-order valence-electron chi connectivity index (χ0n) is 8.56. The minimum atomic E-state index is -0.202. The fourth-order valence-corrected chi connectivity index (χ4v) is 1.88. The largest absolute Gasteiger partial charge is 0.392 e. The van der Waals surface area contributed by atoms with Gasteiger partial charge in [-0.25, -0.2) is 0 Å². The molecule has 14 heavy (non-hydrogen) atoms. The number of rotatable bonds is 4. The molecule has 2 heteroatoms. The predicted octanol–water partition coefficient (Wildman–Crippen LogP) is 2.03. The van der Waals surface area contributed by atoms with Gasteiger partial charge < -0.3 is 5.11 Å². The normalized spacial score (nSPS) is 20.4. The van der Waals surface area contributed by atoms with Gasteiger partial charge in [-0.2, -0.15) is 0 Å². The molecule has 0 radical (unpaired) electrons. The molecule has 0 aromatic carbocycles. The zero-order chi connectivity index (χ0) is 9.97. The lowest BCUT2D eigenvalue weighted by atomic mass is 9.94. The van der Waals surface area contributed by atoms with Gasteiger partial charge in [0.25, 0.3) is 0 Å². The standard InChI is InChI=1S/C12H17NO/c1-9(11-4-5-11)12(14)7-10-3-2-6-13-8-10/h2-3,6,8-9,11-12,14H,4-5,7H2,1H3. The Morgan fingerprint density at radius 3 is 2.93 bits per heavy atom. The van der Waals surface area contributed by atoms with Crippen molar-refractivity contribution >= 4 is 0 Å². The smallest absolute Gasteiger partial charge is 0.0609 e. The van der Waals surface area contributed by atoms with Crippen molar-refractivity contribution in [3.05, 3.63) is 30.1 Å². The van der Waals surface area contributed by atoms with Crippen molar-refractivity contribution in [2.75, 3.05) is 0 Å². The van der Waals surface area contributed by atoms with E-state index >= 15 is 0 Å². The van der Waals surface area contributed by atoms with Gasteiger partial charge in [-0.15, -0.1) is 0 Å². The summed E-state index contributed by atoms with van der Waals surface area (Å²) in [5.41, 5.74) is 1.13. The van der Waals surface area contributed by atoms with Crippen molar-refractivity contribution in [1.82, 2.24) is 4.98 Å². The summed E-state index contributed by atoms with van der Waals surface area (Å²) in [6.07, 6.45) is 6.73. The summed E-state index contributed by atoms with van der Waals surface area (Å²) in [5.74, 6) is 1.21. The van der Waals surface area contributed by atoms with Gasteiger partial charge in [0.15, 0.2) is 0 Å². The van der Waals surface area contributed by atoms with Crippen LogP contribution in [0, 0.1) is 11.8 Å². The molecule has 1 aliphatic carbocycles. The van der Waals surface area contributed by atoms with Crippen LogP contribution in [0.25, 0.3) is 0 Å². The number of hydrogen-bond donors (Lipinski definition) is 1. The first-order valence-electron chi connectivity index (χ1n) is 5.34. The molecule has 1 N–H and O–H groups in total. The Morgan fingerprint density at radius 2 is 2.36 bits per heavy atom. The van der Waals surface area contributed by atoms with E-state index in [0.717, 1.165) is 17.9 Å². The summed E-state index contributed by atoms with van der Waals surface area (Å²) in [6.45, 7) is 2.15. The molecule has 1 heterocycles. The second kappa shape index (κ2) is 4.09. The molecule has 0 amide bonds. The quantitative estimate of drug-likeness (QED) is 0.790. The number of nitrogens with zero attached hydrogens (tertiary/aromatic N) is 1. The number of aliphatic hydroxyl groups excluding tert-OH is 1. The average molecular weight is 191 g/mol. The van der Waals surface area contributed by atoms with Gasteiger partial charge in [-0.05, 0) is 36.3 Å². The first kappa shape index (κ1) is 9.66. The van der Waals surface area contributed by atoms with Crippen LogP contribution >= 0.6 is 0 Å². The average Bonchev–Trinajstić information content (AvgIpc) is 3.01. The van der Waals surface area contributed by atoms with E-state index in [0.29, 0.717) is 5.92 Å². The Morgan fingerprint density at radius 1 is 1.57 bits per heavy atom. The molecule has 0 saturated heterocycles. The van der Waals surface area contributed by atoms with E-state index in [1.54, 1.807) is 6.20 Å². The molecule has 1 saturated carbocycles. The topological polar surface area (TPSA) is 33.1 Å². The molecular weight excluding hydrogens is 174 g/mol. The molecule has 1 aromatic rings. The molecule has 76 valence electrons. The SMILES string of the molecule is CC(C(O)Cc1cccnc1)C1CC1. The number of aromatic nitrogens is 1. The molecule has 2 rings (SSSR count). The van der Waals surface area contributed by atoms with Crippen LogP contribution in [0.15, 0.2) is 24.5 Å². The van der Waals surface area contributed by atoms with Crippen LogP contribution in [0.5, 0.6) is 0 Å². The van der Waals surface area contributed by atoms with Gasteiger partial charge in [-0.3, -0.25) is 4.98 Å². The molecule has 1 aliphatic rings. The lowest BCUT2D eigenvalue weighted by Gasteiger charge is -2.17. The van der Waals surface area contributed by atoms with E-state index in [2.05, 4.69) is 11.9 Å². The molecule has 0 spiro atoms. The third-order valence-electron chi connectivity index (χ3n) is 3.14. The summed E-state index contributed by atoms with van der Waals surface area (Å²) in [6, 6.07) is 3.94. The van der Waals surface area contributed by atoms with Crippen LogP contribution in [-0.4, -0.2) is 16.2 Å². The van der Waals surface area contributed by atoms with E-state index in [9.17, 15) is 5.11 Å². The Kier molecular flexibility index (Phi) is 2.82. The molecule has 2 unspecified atom stereocenters. The lowest BCUT2D eigenvalue weighted by molar-refractivity contribution is 0.105.